The molecule has 0 spiro atoms. The summed E-state index contributed by atoms with van der Waals surface area (Å²) in [5, 5.41) is 3.10. The summed E-state index contributed by atoms with van der Waals surface area (Å²) in [4.78, 5) is 26.6. The molecule has 0 radical (unpaired) electrons. The van der Waals surface area contributed by atoms with Crippen molar-refractivity contribution in [3.05, 3.63) is 71.3 Å². The summed E-state index contributed by atoms with van der Waals surface area (Å²) in [6, 6.07) is 17.6. The summed E-state index contributed by atoms with van der Waals surface area (Å²) >= 11 is 0. The van der Waals surface area contributed by atoms with E-state index in [1.54, 1.807) is 0 Å². The molecule has 1 N–H and O–H groups in total. The molecule has 1 aliphatic rings. The van der Waals surface area contributed by atoms with Gasteiger partial charge in [0.25, 0.3) is 5.91 Å². The molecule has 25 heavy (non-hydrogen) atoms. The van der Waals surface area contributed by atoms with Gasteiger partial charge in [0.15, 0.2) is 0 Å². The van der Waals surface area contributed by atoms with Crippen molar-refractivity contribution in [2.45, 2.75) is 32.2 Å². The van der Waals surface area contributed by atoms with Gasteiger partial charge >= 0.3 is 0 Å². The van der Waals surface area contributed by atoms with Crippen LogP contribution < -0.4 is 5.32 Å². The first kappa shape index (κ1) is 17.2. The van der Waals surface area contributed by atoms with Crippen LogP contribution in [-0.2, 0) is 11.2 Å². The van der Waals surface area contributed by atoms with E-state index in [1.807, 2.05) is 66.4 Å². The minimum atomic E-state index is 0.0506. The summed E-state index contributed by atoms with van der Waals surface area (Å²) < 4.78 is 0. The lowest BCUT2D eigenvalue weighted by atomic mass is 10.0. The molecule has 1 saturated heterocycles. The predicted octanol–water partition coefficient (Wildman–Crippen LogP) is 2.96. The topological polar surface area (TPSA) is 49.4 Å². The van der Waals surface area contributed by atoms with Crippen molar-refractivity contribution in [3.8, 4) is 0 Å². The highest BCUT2D eigenvalue weighted by molar-refractivity contribution is 5.94. The maximum absolute atomic E-state index is 12.6. The van der Waals surface area contributed by atoms with E-state index in [4.69, 9.17) is 0 Å². The monoisotopic (exact) mass is 336 g/mol. The maximum atomic E-state index is 12.6. The highest BCUT2D eigenvalue weighted by atomic mass is 16.2. The van der Waals surface area contributed by atoms with Crippen LogP contribution in [-0.4, -0.2) is 35.8 Å². The third kappa shape index (κ3) is 4.69. The zero-order valence-electron chi connectivity index (χ0n) is 14.6. The fourth-order valence-electron chi connectivity index (χ4n) is 3.25. The second-order valence-electron chi connectivity index (χ2n) is 6.67. The average molecular weight is 336 g/mol. The Morgan fingerprint density at radius 1 is 1.04 bits per heavy atom. The summed E-state index contributed by atoms with van der Waals surface area (Å²) in [6.45, 7) is 3.36. The van der Waals surface area contributed by atoms with Gasteiger partial charge in [-0.1, -0.05) is 48.0 Å². The summed E-state index contributed by atoms with van der Waals surface area (Å²) in [5.41, 5.74) is 2.85. The van der Waals surface area contributed by atoms with E-state index >= 15 is 0 Å². The lowest BCUT2D eigenvalue weighted by molar-refractivity contribution is -0.121. The van der Waals surface area contributed by atoms with Crippen LogP contribution in [0.15, 0.2) is 54.6 Å². The van der Waals surface area contributed by atoms with Crippen molar-refractivity contribution in [2.75, 3.05) is 13.1 Å². The smallest absolute Gasteiger partial charge is 0.253 e. The minimum Gasteiger partial charge on any atom is -0.353 e. The van der Waals surface area contributed by atoms with Gasteiger partial charge in [-0.2, -0.15) is 0 Å². The number of likely N-dealkylation sites (tertiary alicyclic amines) is 1. The molecule has 3 rings (SSSR count). The van der Waals surface area contributed by atoms with Crippen LogP contribution in [0.2, 0.25) is 0 Å². The number of carbonyl (C=O) groups is 2. The molecule has 0 aliphatic carbocycles. The molecule has 0 aromatic heterocycles. The zero-order valence-corrected chi connectivity index (χ0v) is 14.6. The molecule has 4 nitrogen and oxygen atoms in total. The molecule has 0 unspecified atom stereocenters. The normalized spacial score (nSPS) is 15.0. The van der Waals surface area contributed by atoms with Crippen LogP contribution in [0.3, 0.4) is 0 Å². The van der Waals surface area contributed by atoms with Crippen molar-refractivity contribution in [3.63, 3.8) is 0 Å². The Morgan fingerprint density at radius 3 is 2.44 bits per heavy atom. The van der Waals surface area contributed by atoms with Crippen LogP contribution in [0.5, 0.6) is 0 Å². The largest absolute Gasteiger partial charge is 0.353 e. The van der Waals surface area contributed by atoms with E-state index in [0.717, 1.165) is 29.5 Å². The van der Waals surface area contributed by atoms with E-state index in [-0.39, 0.29) is 17.9 Å². The number of aryl methyl sites for hydroxylation is 1. The second kappa shape index (κ2) is 7.97. The first-order valence-corrected chi connectivity index (χ1v) is 8.81. The van der Waals surface area contributed by atoms with Crippen molar-refractivity contribution in [2.24, 2.45) is 0 Å². The number of benzene rings is 2. The minimum absolute atomic E-state index is 0.0506. The van der Waals surface area contributed by atoms with Gasteiger partial charge in [-0.25, -0.2) is 0 Å². The van der Waals surface area contributed by atoms with E-state index < -0.39 is 0 Å². The Bertz CT molecular complexity index is 735. The van der Waals surface area contributed by atoms with E-state index in [9.17, 15) is 9.59 Å². The van der Waals surface area contributed by atoms with Crippen LogP contribution in [0.4, 0.5) is 0 Å². The van der Waals surface area contributed by atoms with Crippen molar-refractivity contribution >= 4 is 11.8 Å². The van der Waals surface area contributed by atoms with Crippen LogP contribution in [0.25, 0.3) is 0 Å². The summed E-state index contributed by atoms with van der Waals surface area (Å²) in [6.07, 6.45) is 2.01. The number of nitrogens with zero attached hydrogens (tertiary/aromatic N) is 1. The van der Waals surface area contributed by atoms with Crippen molar-refractivity contribution < 1.29 is 9.59 Å². The van der Waals surface area contributed by atoms with Gasteiger partial charge in [0.05, 0.1) is 6.42 Å². The fraction of sp³-hybridized carbons (Fsp3) is 0.333. The first-order valence-electron chi connectivity index (χ1n) is 8.81. The Morgan fingerprint density at radius 2 is 1.76 bits per heavy atom. The third-order valence-corrected chi connectivity index (χ3v) is 4.62. The molecule has 0 saturated carbocycles. The highest BCUT2D eigenvalue weighted by Gasteiger charge is 2.24. The van der Waals surface area contributed by atoms with E-state index in [1.165, 1.54) is 0 Å². The molecule has 0 bridgehead atoms. The van der Waals surface area contributed by atoms with Crippen molar-refractivity contribution in [1.29, 1.82) is 0 Å². The van der Waals surface area contributed by atoms with E-state index in [0.29, 0.717) is 19.5 Å². The second-order valence-corrected chi connectivity index (χ2v) is 6.67. The molecule has 1 heterocycles. The molecular formula is C21H24N2O2. The number of amides is 2. The molecule has 2 amide bonds. The van der Waals surface area contributed by atoms with Gasteiger partial charge in [-0.05, 0) is 37.5 Å². The van der Waals surface area contributed by atoms with Crippen molar-refractivity contribution in [1.82, 2.24) is 10.2 Å². The van der Waals surface area contributed by atoms with Gasteiger partial charge in [0.1, 0.15) is 0 Å². The molecule has 1 aliphatic heterocycles. The van der Waals surface area contributed by atoms with Gasteiger partial charge in [-0.15, -0.1) is 0 Å². The van der Waals surface area contributed by atoms with Gasteiger partial charge < -0.3 is 10.2 Å². The number of carbonyl (C=O) groups excluding carboxylic acids is 2. The lowest BCUT2D eigenvalue weighted by Gasteiger charge is -2.32. The molecule has 2 aromatic carbocycles. The Hall–Kier alpha value is -2.62. The Balaban J connectivity index is 1.48. The van der Waals surface area contributed by atoms with E-state index in [2.05, 4.69) is 5.32 Å². The molecule has 4 heteroatoms. The number of rotatable bonds is 4. The van der Waals surface area contributed by atoms with Gasteiger partial charge in [0.2, 0.25) is 5.91 Å². The molecule has 130 valence electrons. The Labute approximate surface area is 148 Å². The van der Waals surface area contributed by atoms with Crippen LogP contribution >= 0.6 is 0 Å². The first-order chi connectivity index (χ1) is 12.1. The number of piperidine rings is 1. The number of hydrogen-bond donors (Lipinski definition) is 1. The molecule has 1 fully saturated rings. The third-order valence-electron chi connectivity index (χ3n) is 4.62. The van der Waals surface area contributed by atoms with Gasteiger partial charge in [-0.3, -0.25) is 9.59 Å². The number of nitrogens with one attached hydrogen (secondary N) is 1. The quantitative estimate of drug-likeness (QED) is 0.933. The zero-order chi connectivity index (χ0) is 17.6. The highest BCUT2D eigenvalue weighted by Crippen LogP contribution is 2.15. The predicted molar refractivity (Wildman–Crippen MR) is 98.4 cm³/mol. The van der Waals surface area contributed by atoms with Gasteiger partial charge in [0, 0.05) is 24.7 Å². The average Bonchev–Trinajstić information content (AvgIpc) is 2.62. The fourth-order valence-corrected chi connectivity index (χ4v) is 3.25. The van der Waals surface area contributed by atoms with Crippen LogP contribution in [0.1, 0.15) is 34.3 Å². The van der Waals surface area contributed by atoms with Crippen LogP contribution in [0, 0.1) is 6.92 Å². The molecule has 0 atom stereocenters. The Kier molecular flexibility index (Phi) is 5.49. The lowest BCUT2D eigenvalue weighted by Crippen LogP contribution is -2.46. The SMILES string of the molecule is Cc1cccc(C(=O)N2CCC(NC(=O)Cc3ccccc3)CC2)c1. The standard InChI is InChI=1S/C21H24N2O2/c1-16-6-5-9-18(14-16)21(25)23-12-10-19(11-13-23)22-20(24)15-17-7-3-2-4-8-17/h2-9,14,19H,10-13,15H2,1H3,(H,22,24). The summed E-state index contributed by atoms with van der Waals surface area (Å²) in [5.74, 6) is 0.132. The summed E-state index contributed by atoms with van der Waals surface area (Å²) in [7, 11) is 0. The molecular weight excluding hydrogens is 312 g/mol. The molecule has 2 aromatic rings. The number of hydrogen-bond acceptors (Lipinski definition) is 2. The maximum Gasteiger partial charge on any atom is 0.253 e.